The highest BCUT2D eigenvalue weighted by atomic mass is 16.5. The van der Waals surface area contributed by atoms with Crippen molar-refractivity contribution >= 4 is 0 Å². The van der Waals surface area contributed by atoms with E-state index in [-0.39, 0.29) is 0 Å². The maximum absolute atomic E-state index is 6.32. The van der Waals surface area contributed by atoms with Gasteiger partial charge in [-0.2, -0.15) is 0 Å². The molecule has 176 valence electrons. The molecule has 0 aromatic rings. The predicted octanol–water partition coefficient (Wildman–Crippen LogP) is 7.98. The molecule has 1 nitrogen and oxygen atoms in total. The lowest BCUT2D eigenvalue weighted by Gasteiger charge is -2.61. The van der Waals surface area contributed by atoms with Gasteiger partial charge in [0.1, 0.15) is 0 Å². The van der Waals surface area contributed by atoms with Gasteiger partial charge in [-0.1, -0.05) is 47.5 Å². The molecule has 0 aromatic carbocycles. The maximum Gasteiger partial charge on any atom is 0.0638 e. The molecule has 0 aliphatic heterocycles. The average Bonchev–Trinajstić information content (AvgIpc) is 3.60. The van der Waals surface area contributed by atoms with Crippen molar-refractivity contribution < 1.29 is 4.74 Å². The third-order valence-electron chi connectivity index (χ3n) is 13.6. The zero-order chi connectivity index (χ0) is 21.8. The quantitative estimate of drug-likeness (QED) is 0.418. The number of methoxy groups -OCH3 is 1. The van der Waals surface area contributed by atoms with Gasteiger partial charge in [0.05, 0.1) is 6.10 Å². The average molecular weight is 427 g/mol. The molecule has 1 spiro atoms. The fourth-order valence-corrected chi connectivity index (χ4v) is 11.6. The van der Waals surface area contributed by atoms with E-state index in [1.807, 2.05) is 7.11 Å². The Bertz CT molecular complexity index is 715. The fourth-order valence-electron chi connectivity index (χ4n) is 11.6. The smallest absolute Gasteiger partial charge is 0.0638 e. The van der Waals surface area contributed by atoms with Crippen LogP contribution in [0.15, 0.2) is 0 Å². The molecule has 0 heterocycles. The van der Waals surface area contributed by atoms with Crippen LogP contribution in [0.3, 0.4) is 0 Å². The molecule has 0 saturated heterocycles. The first-order chi connectivity index (χ1) is 14.8. The van der Waals surface area contributed by atoms with E-state index in [1.54, 1.807) is 0 Å². The van der Waals surface area contributed by atoms with Gasteiger partial charge in [0, 0.05) is 12.5 Å². The van der Waals surface area contributed by atoms with Crippen LogP contribution in [-0.2, 0) is 4.74 Å². The number of hydrogen-bond donors (Lipinski definition) is 0. The number of rotatable bonds is 6. The third-order valence-corrected chi connectivity index (χ3v) is 13.6. The van der Waals surface area contributed by atoms with E-state index in [0.717, 1.165) is 53.3 Å². The van der Waals surface area contributed by atoms with Gasteiger partial charge in [0.15, 0.2) is 0 Å². The van der Waals surface area contributed by atoms with Crippen molar-refractivity contribution in [3.8, 4) is 0 Å². The largest absolute Gasteiger partial charge is 0.381 e. The Kier molecular flexibility index (Phi) is 4.85. The molecule has 6 fully saturated rings. The summed E-state index contributed by atoms with van der Waals surface area (Å²) in [6.07, 6.45) is 17.0. The summed E-state index contributed by atoms with van der Waals surface area (Å²) < 4.78 is 6.32. The zero-order valence-electron chi connectivity index (χ0n) is 21.5. The summed E-state index contributed by atoms with van der Waals surface area (Å²) in [5, 5.41) is 0. The molecule has 1 unspecified atom stereocenters. The van der Waals surface area contributed by atoms with Crippen LogP contribution >= 0.6 is 0 Å². The van der Waals surface area contributed by atoms with Crippen molar-refractivity contribution in [3.63, 3.8) is 0 Å². The Balaban J connectivity index is 1.19. The first kappa shape index (κ1) is 21.5. The fraction of sp³-hybridized carbons (Fsp3) is 1.00. The Morgan fingerprint density at radius 2 is 1.65 bits per heavy atom. The summed E-state index contributed by atoms with van der Waals surface area (Å²) in [5.41, 5.74) is 1.78. The van der Waals surface area contributed by atoms with Gasteiger partial charge in [-0.15, -0.1) is 0 Å². The van der Waals surface area contributed by atoms with Gasteiger partial charge in [0.2, 0.25) is 0 Å². The van der Waals surface area contributed by atoms with Crippen molar-refractivity contribution in [1.29, 1.82) is 0 Å². The van der Waals surface area contributed by atoms with Gasteiger partial charge >= 0.3 is 0 Å². The molecule has 0 bridgehead atoms. The minimum atomic E-state index is 0.562. The lowest BCUT2D eigenvalue weighted by atomic mass is 9.45. The first-order valence-electron chi connectivity index (χ1n) is 14.3. The Morgan fingerprint density at radius 1 is 0.903 bits per heavy atom. The Morgan fingerprint density at radius 3 is 2.32 bits per heavy atom. The molecule has 6 aliphatic carbocycles. The summed E-state index contributed by atoms with van der Waals surface area (Å²) in [6, 6.07) is 0. The number of ether oxygens (including phenoxy) is 1. The molecule has 0 amide bonds. The van der Waals surface area contributed by atoms with Crippen molar-refractivity contribution in [2.75, 3.05) is 7.11 Å². The molecular weight excluding hydrogens is 376 g/mol. The summed E-state index contributed by atoms with van der Waals surface area (Å²) in [7, 11) is 2.04. The van der Waals surface area contributed by atoms with E-state index in [2.05, 4.69) is 34.6 Å². The van der Waals surface area contributed by atoms with E-state index >= 15 is 0 Å². The highest BCUT2D eigenvalue weighted by molar-refractivity contribution is 5.26. The minimum absolute atomic E-state index is 0.562. The predicted molar refractivity (Wildman–Crippen MR) is 129 cm³/mol. The van der Waals surface area contributed by atoms with Crippen molar-refractivity contribution in [2.24, 2.45) is 69.5 Å². The molecule has 6 rings (SSSR count). The van der Waals surface area contributed by atoms with Gasteiger partial charge < -0.3 is 4.74 Å². The number of hydrogen-bond acceptors (Lipinski definition) is 1. The number of fused-ring (bicyclic) bond motifs is 4. The zero-order valence-corrected chi connectivity index (χ0v) is 21.5. The second kappa shape index (κ2) is 6.99. The molecule has 31 heavy (non-hydrogen) atoms. The Hall–Kier alpha value is -0.0400. The molecule has 1 heteroatoms. The van der Waals surface area contributed by atoms with Crippen LogP contribution in [0.5, 0.6) is 0 Å². The monoisotopic (exact) mass is 426 g/mol. The van der Waals surface area contributed by atoms with Crippen LogP contribution in [0.1, 0.15) is 105 Å². The topological polar surface area (TPSA) is 9.23 Å². The third kappa shape index (κ3) is 2.77. The maximum atomic E-state index is 6.32. The van der Waals surface area contributed by atoms with Crippen LogP contribution in [0.4, 0.5) is 0 Å². The van der Waals surface area contributed by atoms with Gasteiger partial charge in [-0.3, -0.25) is 0 Å². The molecule has 13 atom stereocenters. The Labute approximate surface area is 192 Å². The molecule has 0 aromatic heterocycles. The van der Waals surface area contributed by atoms with E-state index in [1.165, 1.54) is 70.6 Å². The van der Waals surface area contributed by atoms with E-state index in [9.17, 15) is 0 Å². The second-order valence-electron chi connectivity index (χ2n) is 14.4. The molecule has 0 radical (unpaired) electrons. The summed E-state index contributed by atoms with van der Waals surface area (Å²) in [5.74, 6) is 8.85. The molecule has 6 aliphatic rings. The van der Waals surface area contributed by atoms with Crippen LogP contribution in [0.2, 0.25) is 0 Å². The molecule has 0 N–H and O–H groups in total. The summed E-state index contributed by atoms with van der Waals surface area (Å²) >= 11 is 0. The summed E-state index contributed by atoms with van der Waals surface area (Å²) in [6.45, 7) is 13.1. The van der Waals surface area contributed by atoms with Crippen LogP contribution in [0.25, 0.3) is 0 Å². The van der Waals surface area contributed by atoms with E-state index < -0.39 is 0 Å². The normalized spacial score (nSPS) is 58.6. The van der Waals surface area contributed by atoms with E-state index in [0.29, 0.717) is 22.3 Å². The lowest BCUT2D eigenvalue weighted by Crippen LogP contribution is -2.57. The van der Waals surface area contributed by atoms with Gasteiger partial charge in [-0.05, 0) is 122 Å². The highest BCUT2D eigenvalue weighted by Gasteiger charge is 2.77. The van der Waals surface area contributed by atoms with Crippen molar-refractivity contribution in [2.45, 2.75) is 111 Å². The lowest BCUT2D eigenvalue weighted by molar-refractivity contribution is -0.161. The minimum Gasteiger partial charge on any atom is -0.381 e. The van der Waals surface area contributed by atoms with Crippen LogP contribution < -0.4 is 0 Å². The van der Waals surface area contributed by atoms with E-state index in [4.69, 9.17) is 4.74 Å². The van der Waals surface area contributed by atoms with Gasteiger partial charge in [-0.25, -0.2) is 0 Å². The second-order valence-corrected chi connectivity index (χ2v) is 14.4. The summed E-state index contributed by atoms with van der Waals surface area (Å²) in [4.78, 5) is 0. The highest BCUT2D eigenvalue weighted by Crippen LogP contribution is 2.82. The van der Waals surface area contributed by atoms with Crippen LogP contribution in [0, 0.1) is 69.5 Å². The van der Waals surface area contributed by atoms with Crippen molar-refractivity contribution in [3.05, 3.63) is 0 Å². The first-order valence-corrected chi connectivity index (χ1v) is 14.3. The molecule has 6 saturated carbocycles. The van der Waals surface area contributed by atoms with Gasteiger partial charge in [0.25, 0.3) is 0 Å². The molecular formula is C30H50O. The van der Waals surface area contributed by atoms with Crippen LogP contribution in [-0.4, -0.2) is 13.2 Å². The SMILES string of the molecule is CO[C@@H]1C[C@H]2[C@@H]3CC[C@H](C(C)CC[C@@H](C)[C@@H]4C[C@H]4C)[C@@]3(C)CC[C@@H]2[C@@]2(C)CC[C@@H]3C[C@]312. The van der Waals surface area contributed by atoms with Crippen molar-refractivity contribution in [1.82, 2.24) is 0 Å². The standard InChI is InChI=1S/C30H50O/c1-18(22-15-20(22)3)7-8-19(2)24-9-10-25-23-16-27(31-6)30-17-21(30)11-14-29(30,5)26(23)12-13-28(24,25)4/h18-27H,7-17H2,1-6H3/t18-,19?,20-,21-,22+,23+,24-,25+,26+,27-,28-,29-,30+/m1/s1.